The van der Waals surface area contributed by atoms with Gasteiger partial charge in [0.25, 0.3) is 5.91 Å². The number of thiazole rings is 1. The molecule has 0 spiro atoms. The van der Waals surface area contributed by atoms with Crippen molar-refractivity contribution in [2.75, 3.05) is 23.8 Å². The van der Waals surface area contributed by atoms with Gasteiger partial charge in [-0.1, -0.05) is 11.3 Å². The van der Waals surface area contributed by atoms with Crippen molar-refractivity contribution in [3.8, 4) is 0 Å². The van der Waals surface area contributed by atoms with Crippen LogP contribution in [0.15, 0.2) is 17.5 Å². The Hall–Kier alpha value is -1.97. The SMILES string of the molecule is O=C(Nc1nc2c(s1)CN(C(=O)Nc1cccs1)CC2)C1CCCO1. The highest BCUT2D eigenvalue weighted by atomic mass is 32.1. The molecule has 132 valence electrons. The van der Waals surface area contributed by atoms with Gasteiger partial charge in [0.05, 0.1) is 17.2 Å². The lowest BCUT2D eigenvalue weighted by Crippen LogP contribution is -2.38. The molecule has 25 heavy (non-hydrogen) atoms. The number of anilines is 2. The van der Waals surface area contributed by atoms with Crippen LogP contribution in [0.2, 0.25) is 0 Å². The minimum Gasteiger partial charge on any atom is -0.368 e. The summed E-state index contributed by atoms with van der Waals surface area (Å²) in [5, 5.41) is 9.10. The molecule has 4 heterocycles. The smallest absolute Gasteiger partial charge is 0.322 e. The van der Waals surface area contributed by atoms with E-state index in [-0.39, 0.29) is 18.0 Å². The Balaban J connectivity index is 1.38. The average molecular weight is 378 g/mol. The van der Waals surface area contributed by atoms with E-state index in [0.717, 1.165) is 28.4 Å². The molecule has 2 aliphatic rings. The van der Waals surface area contributed by atoms with Crippen molar-refractivity contribution in [3.63, 3.8) is 0 Å². The van der Waals surface area contributed by atoms with E-state index in [1.165, 1.54) is 22.7 Å². The largest absolute Gasteiger partial charge is 0.368 e. The third kappa shape index (κ3) is 3.68. The molecule has 2 aromatic heterocycles. The molecule has 2 aromatic rings. The number of aromatic nitrogens is 1. The number of amides is 3. The first-order valence-corrected chi connectivity index (χ1v) is 9.89. The van der Waals surface area contributed by atoms with Gasteiger partial charge in [-0.15, -0.1) is 11.3 Å². The molecule has 1 fully saturated rings. The van der Waals surface area contributed by atoms with Crippen molar-refractivity contribution in [1.29, 1.82) is 0 Å². The molecule has 1 unspecified atom stereocenters. The lowest BCUT2D eigenvalue weighted by Gasteiger charge is -2.25. The summed E-state index contributed by atoms with van der Waals surface area (Å²) in [4.78, 5) is 31.8. The number of thiophene rings is 1. The van der Waals surface area contributed by atoms with Crippen LogP contribution in [-0.2, 0) is 22.5 Å². The number of hydrogen-bond acceptors (Lipinski definition) is 6. The maximum Gasteiger partial charge on any atom is 0.322 e. The number of nitrogens with zero attached hydrogens (tertiary/aromatic N) is 2. The Kier molecular flexibility index (Phi) is 4.69. The van der Waals surface area contributed by atoms with Crippen LogP contribution < -0.4 is 10.6 Å². The molecule has 9 heteroatoms. The zero-order valence-electron chi connectivity index (χ0n) is 13.5. The first kappa shape index (κ1) is 16.5. The molecule has 0 aromatic carbocycles. The molecule has 1 saturated heterocycles. The van der Waals surface area contributed by atoms with E-state index >= 15 is 0 Å². The second-order valence-corrected chi connectivity index (χ2v) is 7.99. The highest BCUT2D eigenvalue weighted by Crippen LogP contribution is 2.29. The first-order chi connectivity index (χ1) is 12.2. The molecule has 7 nitrogen and oxygen atoms in total. The third-order valence-corrected chi connectivity index (χ3v) is 6.01. The predicted molar refractivity (Wildman–Crippen MR) is 97.2 cm³/mol. The minimum atomic E-state index is -0.367. The van der Waals surface area contributed by atoms with Crippen molar-refractivity contribution < 1.29 is 14.3 Å². The number of fused-ring (bicyclic) bond motifs is 1. The maximum atomic E-state index is 12.4. The van der Waals surface area contributed by atoms with Gasteiger partial charge in [-0.25, -0.2) is 9.78 Å². The molecule has 1 atom stereocenters. The Bertz CT molecular complexity index is 768. The van der Waals surface area contributed by atoms with Gasteiger partial charge in [0.1, 0.15) is 6.10 Å². The number of carbonyl (C=O) groups is 2. The molecule has 4 rings (SSSR count). The van der Waals surface area contributed by atoms with Gasteiger partial charge in [0.2, 0.25) is 0 Å². The molecule has 2 N–H and O–H groups in total. The normalized spacial score (nSPS) is 19.5. The summed E-state index contributed by atoms with van der Waals surface area (Å²) in [7, 11) is 0. The summed E-state index contributed by atoms with van der Waals surface area (Å²) in [6, 6.07) is 3.68. The van der Waals surface area contributed by atoms with E-state index < -0.39 is 0 Å². The molecule has 3 amide bonds. The summed E-state index contributed by atoms with van der Waals surface area (Å²) < 4.78 is 5.39. The molecule has 0 radical (unpaired) electrons. The van der Waals surface area contributed by atoms with Crippen LogP contribution in [0.1, 0.15) is 23.4 Å². The van der Waals surface area contributed by atoms with Gasteiger partial charge in [0.15, 0.2) is 5.13 Å². The van der Waals surface area contributed by atoms with Crippen LogP contribution in [0.5, 0.6) is 0 Å². The second kappa shape index (κ2) is 7.11. The molecular weight excluding hydrogens is 360 g/mol. The Morgan fingerprint density at radius 3 is 3.04 bits per heavy atom. The summed E-state index contributed by atoms with van der Waals surface area (Å²) in [6.45, 7) is 1.77. The zero-order chi connectivity index (χ0) is 17.2. The Morgan fingerprint density at radius 2 is 2.28 bits per heavy atom. The van der Waals surface area contributed by atoms with Gasteiger partial charge >= 0.3 is 6.03 Å². The van der Waals surface area contributed by atoms with Crippen LogP contribution in [0.25, 0.3) is 0 Å². The summed E-state index contributed by atoms with van der Waals surface area (Å²) in [6.07, 6.45) is 2.00. The molecule has 2 aliphatic heterocycles. The van der Waals surface area contributed by atoms with Crippen molar-refractivity contribution >= 4 is 44.7 Å². The molecular formula is C16H18N4O3S2. The Morgan fingerprint density at radius 1 is 1.36 bits per heavy atom. The van der Waals surface area contributed by atoms with E-state index in [4.69, 9.17) is 4.74 Å². The molecule has 0 saturated carbocycles. The van der Waals surface area contributed by atoms with E-state index in [2.05, 4.69) is 15.6 Å². The summed E-state index contributed by atoms with van der Waals surface area (Å²) in [5.41, 5.74) is 0.966. The summed E-state index contributed by atoms with van der Waals surface area (Å²) >= 11 is 2.93. The van der Waals surface area contributed by atoms with Gasteiger partial charge in [-0.05, 0) is 30.4 Å². The van der Waals surface area contributed by atoms with Crippen LogP contribution in [0.3, 0.4) is 0 Å². The first-order valence-electron chi connectivity index (χ1n) is 8.19. The molecule has 0 aliphatic carbocycles. The fraction of sp³-hybridized carbons (Fsp3) is 0.438. The number of ether oxygens (including phenoxy) is 1. The fourth-order valence-corrected chi connectivity index (χ4v) is 4.56. The second-order valence-electron chi connectivity index (χ2n) is 5.96. The average Bonchev–Trinajstić information content (AvgIpc) is 3.35. The van der Waals surface area contributed by atoms with E-state index in [0.29, 0.717) is 31.2 Å². The predicted octanol–water partition coefficient (Wildman–Crippen LogP) is 2.91. The van der Waals surface area contributed by atoms with E-state index in [1.807, 2.05) is 17.5 Å². The standard InChI is InChI=1S/C16H18N4O3S2/c21-14(11-3-1-7-23-11)19-15-17-10-5-6-20(9-12(10)25-15)16(22)18-13-4-2-8-24-13/h2,4,8,11H,1,3,5-7,9H2,(H,18,22)(H,17,19,21). The monoisotopic (exact) mass is 378 g/mol. The van der Waals surface area contributed by atoms with Crippen molar-refractivity contribution in [1.82, 2.24) is 9.88 Å². The summed E-state index contributed by atoms with van der Waals surface area (Å²) in [5.74, 6) is -0.129. The van der Waals surface area contributed by atoms with Crippen LogP contribution in [0, 0.1) is 0 Å². The van der Waals surface area contributed by atoms with Gasteiger partial charge < -0.3 is 9.64 Å². The molecule has 0 bridgehead atoms. The van der Waals surface area contributed by atoms with Crippen molar-refractivity contribution in [2.45, 2.75) is 31.9 Å². The Labute approximate surface area is 153 Å². The minimum absolute atomic E-state index is 0.105. The number of hydrogen-bond donors (Lipinski definition) is 2. The number of nitrogens with one attached hydrogen (secondary N) is 2. The van der Waals surface area contributed by atoms with Crippen LogP contribution >= 0.6 is 22.7 Å². The highest BCUT2D eigenvalue weighted by Gasteiger charge is 2.27. The topological polar surface area (TPSA) is 83.6 Å². The lowest BCUT2D eigenvalue weighted by molar-refractivity contribution is -0.124. The van der Waals surface area contributed by atoms with E-state index in [1.54, 1.807) is 4.90 Å². The van der Waals surface area contributed by atoms with Crippen molar-refractivity contribution in [3.05, 3.63) is 28.1 Å². The van der Waals surface area contributed by atoms with Crippen molar-refractivity contribution in [2.24, 2.45) is 0 Å². The number of carbonyl (C=O) groups excluding carboxylic acids is 2. The van der Waals surface area contributed by atoms with Gasteiger partial charge in [-0.2, -0.15) is 0 Å². The zero-order valence-corrected chi connectivity index (χ0v) is 15.1. The van der Waals surface area contributed by atoms with Crippen LogP contribution in [-0.4, -0.2) is 41.1 Å². The lowest BCUT2D eigenvalue weighted by atomic mass is 10.2. The van der Waals surface area contributed by atoms with Crippen LogP contribution in [0.4, 0.5) is 14.9 Å². The number of rotatable bonds is 3. The third-order valence-electron chi connectivity index (χ3n) is 4.22. The van der Waals surface area contributed by atoms with Gasteiger partial charge in [-0.3, -0.25) is 15.4 Å². The maximum absolute atomic E-state index is 12.4. The van der Waals surface area contributed by atoms with E-state index in [9.17, 15) is 9.59 Å². The van der Waals surface area contributed by atoms with Gasteiger partial charge in [0, 0.05) is 24.4 Å². The highest BCUT2D eigenvalue weighted by molar-refractivity contribution is 7.16. The quantitative estimate of drug-likeness (QED) is 0.860. The number of urea groups is 1. The fourth-order valence-electron chi connectivity index (χ4n) is 2.93.